The summed E-state index contributed by atoms with van der Waals surface area (Å²) in [6.07, 6.45) is 3.52. The smallest absolute Gasteiger partial charge is 0.220 e. The minimum Gasteiger partial charge on any atom is -0.494 e. The highest BCUT2D eigenvalue weighted by Gasteiger charge is 2.30. The van der Waals surface area contributed by atoms with Gasteiger partial charge in [0.25, 0.3) is 0 Å². The highest BCUT2D eigenvalue weighted by Crippen LogP contribution is 2.32. The molecule has 5 heteroatoms. The molecule has 0 aromatic heterocycles. The third kappa shape index (κ3) is 5.21. The topological polar surface area (TPSA) is 64.3 Å². The lowest BCUT2D eigenvalue weighted by atomic mass is 10.2. The number of nitrogens with one attached hydrogen (secondary N) is 1. The molecule has 0 bridgehead atoms. The van der Waals surface area contributed by atoms with Crippen LogP contribution in [0.3, 0.4) is 0 Å². The summed E-state index contributed by atoms with van der Waals surface area (Å²) in [5.41, 5.74) is 6.66. The van der Waals surface area contributed by atoms with Gasteiger partial charge in [-0.2, -0.15) is 0 Å². The first-order chi connectivity index (χ1) is 10.1. The van der Waals surface area contributed by atoms with Crippen molar-refractivity contribution in [1.29, 1.82) is 0 Å². The summed E-state index contributed by atoms with van der Waals surface area (Å²) in [4.78, 5) is 11.8. The zero-order valence-electron chi connectivity index (χ0n) is 12.4. The molecule has 1 aliphatic carbocycles. The Kier molecular flexibility index (Phi) is 5.88. The number of ether oxygens (including phenoxy) is 1. The normalized spacial score (nSPS) is 15.6. The van der Waals surface area contributed by atoms with E-state index >= 15 is 0 Å². The van der Waals surface area contributed by atoms with E-state index in [1.54, 1.807) is 0 Å². The molecule has 1 fully saturated rings. The fourth-order valence-corrected chi connectivity index (χ4v) is 2.39. The number of carbonyl (C=O) groups excluding carboxylic acids is 1. The molecule has 1 aromatic carbocycles. The van der Waals surface area contributed by atoms with E-state index in [1.165, 1.54) is 12.8 Å². The van der Waals surface area contributed by atoms with E-state index in [2.05, 4.69) is 5.32 Å². The van der Waals surface area contributed by atoms with Crippen molar-refractivity contribution in [2.75, 3.05) is 13.2 Å². The molecule has 1 amide bonds. The van der Waals surface area contributed by atoms with Crippen LogP contribution in [-0.2, 0) is 4.79 Å². The molecule has 1 atom stereocenters. The summed E-state index contributed by atoms with van der Waals surface area (Å²) in [6, 6.07) is 5.71. The molecule has 0 heterocycles. The maximum Gasteiger partial charge on any atom is 0.220 e. The van der Waals surface area contributed by atoms with Crippen molar-refractivity contribution in [3.8, 4) is 5.75 Å². The van der Waals surface area contributed by atoms with Gasteiger partial charge in [-0.05, 0) is 55.9 Å². The van der Waals surface area contributed by atoms with E-state index < -0.39 is 0 Å². The van der Waals surface area contributed by atoms with Crippen LogP contribution in [0.5, 0.6) is 5.75 Å². The third-order valence-electron chi connectivity index (χ3n) is 3.74. The van der Waals surface area contributed by atoms with Crippen LogP contribution < -0.4 is 15.8 Å². The fraction of sp³-hybridized carbons (Fsp3) is 0.562. The summed E-state index contributed by atoms with van der Waals surface area (Å²) < 4.78 is 5.62. The number of carbonyl (C=O) groups is 1. The lowest BCUT2D eigenvalue weighted by Gasteiger charge is -2.16. The van der Waals surface area contributed by atoms with Crippen molar-refractivity contribution in [1.82, 2.24) is 5.32 Å². The molecule has 1 saturated carbocycles. The summed E-state index contributed by atoms with van der Waals surface area (Å²) in [7, 11) is 0. The van der Waals surface area contributed by atoms with Crippen LogP contribution in [0.4, 0.5) is 0 Å². The van der Waals surface area contributed by atoms with E-state index in [0.717, 1.165) is 16.3 Å². The second kappa shape index (κ2) is 7.66. The standard InChI is InChI=1S/C16H23ClN2O2/c1-11-9-13(6-7-14(11)17)21-8-2-3-16(20)19-15(10-18)12-4-5-12/h6-7,9,12,15H,2-5,8,10,18H2,1H3,(H,19,20). The van der Waals surface area contributed by atoms with Crippen LogP contribution in [-0.4, -0.2) is 25.1 Å². The zero-order valence-corrected chi connectivity index (χ0v) is 13.2. The molecule has 0 radical (unpaired) electrons. The predicted molar refractivity (Wildman–Crippen MR) is 84.6 cm³/mol. The fourth-order valence-electron chi connectivity index (χ4n) is 2.28. The largest absolute Gasteiger partial charge is 0.494 e. The number of hydrogen-bond acceptors (Lipinski definition) is 3. The van der Waals surface area contributed by atoms with E-state index in [1.807, 2.05) is 25.1 Å². The Bertz CT molecular complexity index is 489. The molecule has 116 valence electrons. The first kappa shape index (κ1) is 16.1. The molecular formula is C16H23ClN2O2. The van der Waals surface area contributed by atoms with Gasteiger partial charge in [0.05, 0.1) is 6.61 Å². The van der Waals surface area contributed by atoms with Gasteiger partial charge < -0.3 is 15.8 Å². The molecule has 3 N–H and O–H groups in total. The van der Waals surface area contributed by atoms with Crippen molar-refractivity contribution in [2.45, 2.75) is 38.6 Å². The van der Waals surface area contributed by atoms with E-state index in [9.17, 15) is 4.79 Å². The molecule has 0 aliphatic heterocycles. The molecule has 2 rings (SSSR count). The lowest BCUT2D eigenvalue weighted by molar-refractivity contribution is -0.122. The summed E-state index contributed by atoms with van der Waals surface area (Å²) in [5.74, 6) is 1.44. The van der Waals surface area contributed by atoms with Gasteiger partial charge in [0.15, 0.2) is 0 Å². The number of halogens is 1. The van der Waals surface area contributed by atoms with Crippen molar-refractivity contribution >= 4 is 17.5 Å². The molecule has 1 aromatic rings. The van der Waals surface area contributed by atoms with Gasteiger partial charge in [-0.3, -0.25) is 4.79 Å². The van der Waals surface area contributed by atoms with Crippen LogP contribution in [0.15, 0.2) is 18.2 Å². The van der Waals surface area contributed by atoms with Crippen molar-refractivity contribution < 1.29 is 9.53 Å². The van der Waals surface area contributed by atoms with Gasteiger partial charge in [0.2, 0.25) is 5.91 Å². The van der Waals surface area contributed by atoms with Crippen LogP contribution in [0.25, 0.3) is 0 Å². The Morgan fingerprint density at radius 3 is 2.90 bits per heavy atom. The Labute approximate surface area is 131 Å². The van der Waals surface area contributed by atoms with E-state index in [0.29, 0.717) is 31.9 Å². The molecule has 4 nitrogen and oxygen atoms in total. The molecule has 21 heavy (non-hydrogen) atoms. The van der Waals surface area contributed by atoms with Crippen molar-refractivity contribution in [3.63, 3.8) is 0 Å². The molecule has 0 saturated heterocycles. The number of benzene rings is 1. The summed E-state index contributed by atoms with van der Waals surface area (Å²) in [5, 5.41) is 3.74. The summed E-state index contributed by atoms with van der Waals surface area (Å²) >= 11 is 5.96. The molecular weight excluding hydrogens is 288 g/mol. The highest BCUT2D eigenvalue weighted by molar-refractivity contribution is 6.31. The van der Waals surface area contributed by atoms with E-state index in [-0.39, 0.29) is 11.9 Å². The number of nitrogens with two attached hydrogens (primary N) is 1. The predicted octanol–water partition coefficient (Wildman–Crippen LogP) is 2.66. The van der Waals surface area contributed by atoms with Gasteiger partial charge in [0, 0.05) is 24.0 Å². The third-order valence-corrected chi connectivity index (χ3v) is 4.16. The summed E-state index contributed by atoms with van der Waals surface area (Å²) in [6.45, 7) is 2.98. The first-order valence-corrected chi connectivity index (χ1v) is 7.86. The molecule has 1 unspecified atom stereocenters. The number of rotatable bonds is 8. The minimum atomic E-state index is 0.0632. The Hall–Kier alpha value is -1.26. The van der Waals surface area contributed by atoms with Crippen molar-refractivity contribution in [3.05, 3.63) is 28.8 Å². The minimum absolute atomic E-state index is 0.0632. The lowest BCUT2D eigenvalue weighted by Crippen LogP contribution is -2.41. The highest BCUT2D eigenvalue weighted by atomic mass is 35.5. The van der Waals surface area contributed by atoms with Gasteiger partial charge in [-0.1, -0.05) is 11.6 Å². The van der Waals surface area contributed by atoms with Crippen LogP contribution in [0.1, 0.15) is 31.2 Å². The second-order valence-corrected chi connectivity index (χ2v) is 6.02. The number of aryl methyl sites for hydroxylation is 1. The van der Waals surface area contributed by atoms with E-state index in [4.69, 9.17) is 22.1 Å². The van der Waals surface area contributed by atoms with Crippen LogP contribution in [0, 0.1) is 12.8 Å². The maximum atomic E-state index is 11.8. The monoisotopic (exact) mass is 310 g/mol. The average Bonchev–Trinajstić information content (AvgIpc) is 3.29. The average molecular weight is 311 g/mol. The van der Waals surface area contributed by atoms with Gasteiger partial charge in [0.1, 0.15) is 5.75 Å². The maximum absolute atomic E-state index is 11.8. The Morgan fingerprint density at radius 2 is 2.29 bits per heavy atom. The second-order valence-electron chi connectivity index (χ2n) is 5.61. The molecule has 1 aliphatic rings. The Morgan fingerprint density at radius 1 is 1.52 bits per heavy atom. The van der Waals surface area contributed by atoms with Crippen LogP contribution in [0.2, 0.25) is 5.02 Å². The SMILES string of the molecule is Cc1cc(OCCCC(=O)NC(CN)C2CC2)ccc1Cl. The van der Waals surface area contributed by atoms with Gasteiger partial charge in [-0.15, -0.1) is 0 Å². The number of hydrogen-bond donors (Lipinski definition) is 2. The van der Waals surface area contributed by atoms with Crippen molar-refractivity contribution in [2.24, 2.45) is 11.7 Å². The van der Waals surface area contributed by atoms with Crippen LogP contribution >= 0.6 is 11.6 Å². The molecule has 0 spiro atoms. The van der Waals surface area contributed by atoms with Gasteiger partial charge >= 0.3 is 0 Å². The first-order valence-electron chi connectivity index (χ1n) is 7.48. The quantitative estimate of drug-likeness (QED) is 0.726. The Balaban J connectivity index is 1.64. The van der Waals surface area contributed by atoms with Gasteiger partial charge in [-0.25, -0.2) is 0 Å². The number of amides is 1. The zero-order chi connectivity index (χ0) is 15.2.